The molecule has 0 aromatic rings. The molecule has 0 aliphatic rings. The molecule has 5 heteroatoms. The van der Waals surface area contributed by atoms with Crippen LogP contribution in [0.2, 0.25) is 0 Å². The summed E-state index contributed by atoms with van der Waals surface area (Å²) in [5.41, 5.74) is 4.09. The van der Waals surface area contributed by atoms with Gasteiger partial charge in [0.25, 0.3) is 0 Å². The van der Waals surface area contributed by atoms with Crippen molar-refractivity contribution in [1.82, 2.24) is 5.32 Å². The third-order valence-corrected chi connectivity index (χ3v) is 2.89. The second-order valence-electron chi connectivity index (χ2n) is 4.52. The fourth-order valence-corrected chi connectivity index (χ4v) is 2.00. The molecule has 0 radical (unpaired) electrons. The SMILES string of the molecule is CCCC(C#N)(CCC)C(=O)NCCCC(N)=O. The molecule has 102 valence electrons. The number of carbonyl (C=O) groups excluding carboxylic acids is 2. The second kappa shape index (κ2) is 8.51. The summed E-state index contributed by atoms with van der Waals surface area (Å²) >= 11 is 0. The Morgan fingerprint density at radius 2 is 1.83 bits per heavy atom. The molecule has 0 unspecified atom stereocenters. The van der Waals surface area contributed by atoms with Crippen LogP contribution in [0.25, 0.3) is 0 Å². The van der Waals surface area contributed by atoms with E-state index in [1.54, 1.807) is 0 Å². The average Bonchev–Trinajstić information content (AvgIpc) is 2.33. The molecule has 3 N–H and O–H groups in total. The van der Waals surface area contributed by atoms with Crippen molar-refractivity contribution in [2.24, 2.45) is 11.1 Å². The minimum Gasteiger partial charge on any atom is -0.370 e. The van der Waals surface area contributed by atoms with Gasteiger partial charge in [0.2, 0.25) is 11.8 Å². The first kappa shape index (κ1) is 16.4. The Morgan fingerprint density at radius 3 is 2.22 bits per heavy atom. The lowest BCUT2D eigenvalue weighted by Gasteiger charge is -2.24. The smallest absolute Gasteiger partial charge is 0.240 e. The van der Waals surface area contributed by atoms with Crippen LogP contribution in [0.3, 0.4) is 0 Å². The highest BCUT2D eigenvalue weighted by molar-refractivity contribution is 5.85. The lowest BCUT2D eigenvalue weighted by atomic mass is 9.80. The van der Waals surface area contributed by atoms with Crippen LogP contribution in [0, 0.1) is 16.7 Å². The van der Waals surface area contributed by atoms with Gasteiger partial charge < -0.3 is 11.1 Å². The van der Waals surface area contributed by atoms with Crippen LogP contribution < -0.4 is 11.1 Å². The molecule has 18 heavy (non-hydrogen) atoms. The van der Waals surface area contributed by atoms with Crippen molar-refractivity contribution in [3.8, 4) is 6.07 Å². The Balaban J connectivity index is 4.38. The molecule has 0 atom stereocenters. The number of hydrogen-bond acceptors (Lipinski definition) is 3. The predicted octanol–water partition coefficient (Wildman–Crippen LogP) is 1.48. The largest absolute Gasteiger partial charge is 0.370 e. The van der Waals surface area contributed by atoms with Gasteiger partial charge in [0.1, 0.15) is 5.41 Å². The molecular weight excluding hydrogens is 230 g/mol. The van der Waals surface area contributed by atoms with Gasteiger partial charge in [0, 0.05) is 13.0 Å². The number of amides is 2. The summed E-state index contributed by atoms with van der Waals surface area (Å²) < 4.78 is 0. The fraction of sp³-hybridized carbons (Fsp3) is 0.769. The summed E-state index contributed by atoms with van der Waals surface area (Å²) in [5, 5.41) is 12.0. The summed E-state index contributed by atoms with van der Waals surface area (Å²) in [5.74, 6) is -0.601. The van der Waals surface area contributed by atoms with Gasteiger partial charge in [-0.2, -0.15) is 5.26 Å². The van der Waals surface area contributed by atoms with Crippen LogP contribution in [-0.2, 0) is 9.59 Å². The fourth-order valence-electron chi connectivity index (χ4n) is 2.00. The highest BCUT2D eigenvalue weighted by Gasteiger charge is 2.36. The molecule has 2 amide bonds. The lowest BCUT2D eigenvalue weighted by molar-refractivity contribution is -0.129. The van der Waals surface area contributed by atoms with Gasteiger partial charge in [0.05, 0.1) is 6.07 Å². The molecule has 0 aliphatic carbocycles. The van der Waals surface area contributed by atoms with Crippen LogP contribution in [0.1, 0.15) is 52.4 Å². The zero-order valence-electron chi connectivity index (χ0n) is 11.3. The Kier molecular flexibility index (Phi) is 7.77. The monoisotopic (exact) mass is 253 g/mol. The maximum absolute atomic E-state index is 12.1. The molecule has 0 bridgehead atoms. The van der Waals surface area contributed by atoms with E-state index in [1.807, 2.05) is 13.8 Å². The number of hydrogen-bond donors (Lipinski definition) is 2. The number of carbonyl (C=O) groups is 2. The first-order valence-electron chi connectivity index (χ1n) is 6.50. The van der Waals surface area contributed by atoms with Gasteiger partial charge in [-0.15, -0.1) is 0 Å². The number of nitriles is 1. The Morgan fingerprint density at radius 1 is 1.28 bits per heavy atom. The van der Waals surface area contributed by atoms with E-state index in [-0.39, 0.29) is 18.2 Å². The number of rotatable bonds is 9. The highest BCUT2D eigenvalue weighted by Crippen LogP contribution is 2.29. The maximum atomic E-state index is 12.1. The first-order chi connectivity index (χ1) is 8.52. The van der Waals surface area contributed by atoms with Crippen molar-refractivity contribution < 1.29 is 9.59 Å². The van der Waals surface area contributed by atoms with Crippen molar-refractivity contribution in [1.29, 1.82) is 5.26 Å². The second-order valence-corrected chi connectivity index (χ2v) is 4.52. The zero-order chi connectivity index (χ0) is 14.0. The van der Waals surface area contributed by atoms with Gasteiger partial charge in [-0.1, -0.05) is 26.7 Å². The van der Waals surface area contributed by atoms with Crippen LogP contribution >= 0.6 is 0 Å². The van der Waals surface area contributed by atoms with E-state index in [0.717, 1.165) is 12.8 Å². The topological polar surface area (TPSA) is 96.0 Å². The quantitative estimate of drug-likeness (QED) is 0.609. The molecule has 0 aromatic carbocycles. The van der Waals surface area contributed by atoms with E-state index in [1.165, 1.54) is 0 Å². The first-order valence-corrected chi connectivity index (χ1v) is 6.50. The molecule has 0 saturated heterocycles. The molecular formula is C13H23N3O2. The van der Waals surface area contributed by atoms with E-state index >= 15 is 0 Å². The molecule has 0 fully saturated rings. The van der Waals surface area contributed by atoms with Gasteiger partial charge in [-0.3, -0.25) is 9.59 Å². The van der Waals surface area contributed by atoms with E-state index in [4.69, 9.17) is 5.73 Å². The van der Waals surface area contributed by atoms with Gasteiger partial charge in [-0.25, -0.2) is 0 Å². The zero-order valence-corrected chi connectivity index (χ0v) is 11.3. The number of nitrogens with zero attached hydrogens (tertiary/aromatic N) is 1. The van der Waals surface area contributed by atoms with Gasteiger partial charge >= 0.3 is 0 Å². The van der Waals surface area contributed by atoms with Crippen LogP contribution in [0.15, 0.2) is 0 Å². The van der Waals surface area contributed by atoms with E-state index in [0.29, 0.717) is 25.8 Å². The third kappa shape index (κ3) is 5.17. The summed E-state index contributed by atoms with van der Waals surface area (Å²) in [4.78, 5) is 22.6. The minimum atomic E-state index is -0.920. The Bertz CT molecular complexity index is 315. The normalized spacial score (nSPS) is 10.7. The Labute approximate surface area is 109 Å². The predicted molar refractivity (Wildman–Crippen MR) is 69.3 cm³/mol. The molecule has 0 spiro atoms. The molecule has 0 heterocycles. The standard InChI is InChI=1S/C13H23N3O2/c1-3-7-13(10-14,8-4-2)12(18)16-9-5-6-11(15)17/h3-9H2,1-2H3,(H2,15,17)(H,16,18). The number of nitrogens with one attached hydrogen (secondary N) is 1. The van der Waals surface area contributed by atoms with Crippen molar-refractivity contribution in [3.63, 3.8) is 0 Å². The van der Waals surface area contributed by atoms with E-state index < -0.39 is 5.41 Å². The van der Waals surface area contributed by atoms with Crippen molar-refractivity contribution >= 4 is 11.8 Å². The summed E-state index contributed by atoms with van der Waals surface area (Å²) in [6.45, 7) is 4.31. The lowest BCUT2D eigenvalue weighted by Crippen LogP contribution is -2.40. The maximum Gasteiger partial charge on any atom is 0.240 e. The number of nitrogens with two attached hydrogens (primary N) is 1. The molecule has 0 aliphatic heterocycles. The highest BCUT2D eigenvalue weighted by atomic mass is 16.2. The average molecular weight is 253 g/mol. The molecule has 5 nitrogen and oxygen atoms in total. The summed E-state index contributed by atoms with van der Waals surface area (Å²) in [7, 11) is 0. The van der Waals surface area contributed by atoms with Gasteiger partial charge in [0.15, 0.2) is 0 Å². The minimum absolute atomic E-state index is 0.224. The van der Waals surface area contributed by atoms with Gasteiger partial charge in [-0.05, 0) is 19.3 Å². The van der Waals surface area contributed by atoms with E-state index in [9.17, 15) is 14.9 Å². The Hall–Kier alpha value is -1.57. The molecule has 0 saturated carbocycles. The van der Waals surface area contributed by atoms with Crippen LogP contribution in [-0.4, -0.2) is 18.4 Å². The van der Waals surface area contributed by atoms with Crippen molar-refractivity contribution in [3.05, 3.63) is 0 Å². The van der Waals surface area contributed by atoms with Crippen LogP contribution in [0.5, 0.6) is 0 Å². The van der Waals surface area contributed by atoms with Crippen LogP contribution in [0.4, 0.5) is 0 Å². The van der Waals surface area contributed by atoms with E-state index in [2.05, 4.69) is 11.4 Å². The molecule has 0 rings (SSSR count). The third-order valence-electron chi connectivity index (χ3n) is 2.89. The molecule has 0 aromatic heterocycles. The number of primary amides is 1. The summed E-state index contributed by atoms with van der Waals surface area (Å²) in [6.07, 6.45) is 3.49. The van der Waals surface area contributed by atoms with Crippen molar-refractivity contribution in [2.45, 2.75) is 52.4 Å². The van der Waals surface area contributed by atoms with Crippen molar-refractivity contribution in [2.75, 3.05) is 6.54 Å². The summed E-state index contributed by atoms with van der Waals surface area (Å²) in [6, 6.07) is 2.16.